The molecule has 0 spiro atoms. The van der Waals surface area contributed by atoms with Crippen molar-refractivity contribution in [3.05, 3.63) is 39.5 Å². The van der Waals surface area contributed by atoms with E-state index in [0.29, 0.717) is 4.77 Å². The van der Waals surface area contributed by atoms with Gasteiger partial charge in [0, 0.05) is 23.4 Å². The Morgan fingerprint density at radius 1 is 1.37 bits per heavy atom. The molecule has 0 saturated heterocycles. The number of nitrogens with zero attached hydrogens (tertiary/aromatic N) is 4. The zero-order valence-corrected chi connectivity index (χ0v) is 12.7. The molecule has 3 aromatic heterocycles. The molecule has 1 N–H and O–H groups in total. The molecule has 5 nitrogen and oxygen atoms in total. The summed E-state index contributed by atoms with van der Waals surface area (Å²) in [4.78, 5) is 7.57. The second kappa shape index (κ2) is 4.90. The van der Waals surface area contributed by atoms with Gasteiger partial charge >= 0.3 is 0 Å². The lowest BCUT2D eigenvalue weighted by atomic mass is 10.4. The number of hydrogen-bond donors (Lipinski definition) is 1. The van der Waals surface area contributed by atoms with E-state index in [1.54, 1.807) is 6.20 Å². The van der Waals surface area contributed by atoms with E-state index in [-0.39, 0.29) is 0 Å². The monoisotopic (exact) mass is 337 g/mol. The van der Waals surface area contributed by atoms with Crippen molar-refractivity contribution in [3.63, 3.8) is 0 Å². The van der Waals surface area contributed by atoms with Crippen molar-refractivity contribution in [1.82, 2.24) is 24.3 Å². The third-order valence-corrected chi connectivity index (χ3v) is 3.65. The number of aromatic nitrogens is 5. The quantitative estimate of drug-likeness (QED) is 0.747. The minimum Gasteiger partial charge on any atom is -0.329 e. The Balaban J connectivity index is 1.92. The number of aryl methyl sites for hydroxylation is 3. The van der Waals surface area contributed by atoms with Crippen molar-refractivity contribution >= 4 is 39.3 Å². The summed E-state index contributed by atoms with van der Waals surface area (Å²) in [6, 6.07) is 1.98. The lowest BCUT2D eigenvalue weighted by Crippen LogP contribution is -2.08. The van der Waals surface area contributed by atoms with E-state index in [0.717, 1.165) is 34.3 Å². The van der Waals surface area contributed by atoms with Crippen LogP contribution in [0.25, 0.3) is 11.2 Å². The number of imidazole rings is 1. The highest BCUT2D eigenvalue weighted by atomic mass is 79.9. The van der Waals surface area contributed by atoms with Gasteiger partial charge in [0.05, 0.1) is 18.3 Å². The first-order valence-corrected chi connectivity index (χ1v) is 7.07. The molecule has 0 fully saturated rings. The van der Waals surface area contributed by atoms with Crippen LogP contribution < -0.4 is 0 Å². The fourth-order valence-electron chi connectivity index (χ4n) is 2.02. The number of aromatic amines is 1. The van der Waals surface area contributed by atoms with Crippen LogP contribution in [0.1, 0.15) is 5.56 Å². The standard InChI is InChI=1S/C12H12BrN5S/c1-8-5-15-17(7-8)2-3-18-11-10(16-12(18)19)4-9(13)6-14-11/h4-7H,2-3H2,1H3,(H,16,19). The Bertz CT molecular complexity index is 785. The minimum absolute atomic E-state index is 0.685. The summed E-state index contributed by atoms with van der Waals surface area (Å²) in [6.07, 6.45) is 5.64. The molecule has 0 saturated carbocycles. The molecule has 98 valence electrons. The number of fused-ring (bicyclic) bond motifs is 1. The van der Waals surface area contributed by atoms with E-state index in [2.05, 4.69) is 31.0 Å². The summed E-state index contributed by atoms with van der Waals surface area (Å²) >= 11 is 8.74. The molecule has 0 bridgehead atoms. The maximum atomic E-state index is 5.34. The van der Waals surface area contributed by atoms with E-state index >= 15 is 0 Å². The number of nitrogens with one attached hydrogen (secondary N) is 1. The van der Waals surface area contributed by atoms with Gasteiger partial charge in [0.1, 0.15) is 0 Å². The minimum atomic E-state index is 0.685. The topological polar surface area (TPSA) is 51.4 Å². The van der Waals surface area contributed by atoms with Gasteiger partial charge in [-0.2, -0.15) is 5.10 Å². The van der Waals surface area contributed by atoms with Gasteiger partial charge in [-0.3, -0.25) is 9.25 Å². The van der Waals surface area contributed by atoms with Gasteiger partial charge in [0.25, 0.3) is 0 Å². The molecular weight excluding hydrogens is 326 g/mol. The average molecular weight is 338 g/mol. The molecule has 0 amide bonds. The summed E-state index contributed by atoms with van der Waals surface area (Å²) < 4.78 is 5.53. The molecular formula is C12H12BrN5S. The summed E-state index contributed by atoms with van der Waals surface area (Å²) in [5, 5.41) is 4.27. The molecule has 3 heterocycles. The fraction of sp³-hybridized carbons (Fsp3) is 0.250. The molecule has 0 aliphatic heterocycles. The maximum absolute atomic E-state index is 5.34. The second-order valence-electron chi connectivity index (χ2n) is 4.39. The third kappa shape index (κ3) is 2.48. The van der Waals surface area contributed by atoms with E-state index in [4.69, 9.17) is 12.2 Å². The normalized spacial score (nSPS) is 11.3. The van der Waals surface area contributed by atoms with E-state index in [1.165, 1.54) is 0 Å². The fourth-order valence-corrected chi connectivity index (χ4v) is 2.64. The van der Waals surface area contributed by atoms with Crippen LogP contribution in [0.2, 0.25) is 0 Å². The highest BCUT2D eigenvalue weighted by Gasteiger charge is 2.06. The SMILES string of the molecule is Cc1cnn(CCn2c(=S)[nH]c3cc(Br)cnc32)c1. The predicted molar refractivity (Wildman–Crippen MR) is 79.6 cm³/mol. The van der Waals surface area contributed by atoms with Crippen molar-refractivity contribution in [2.45, 2.75) is 20.0 Å². The number of H-pyrrole nitrogens is 1. The van der Waals surface area contributed by atoms with Crippen molar-refractivity contribution < 1.29 is 0 Å². The van der Waals surface area contributed by atoms with Crippen LogP contribution in [0.15, 0.2) is 29.1 Å². The van der Waals surface area contributed by atoms with Gasteiger partial charge in [-0.1, -0.05) is 0 Å². The first kappa shape index (κ1) is 12.6. The van der Waals surface area contributed by atoms with E-state index < -0.39 is 0 Å². The molecule has 0 aliphatic rings. The van der Waals surface area contributed by atoms with Crippen molar-refractivity contribution in [2.24, 2.45) is 0 Å². The number of pyridine rings is 1. The van der Waals surface area contributed by atoms with Gasteiger partial charge in [-0.05, 0) is 46.7 Å². The third-order valence-electron chi connectivity index (χ3n) is 2.89. The molecule has 0 atom stereocenters. The van der Waals surface area contributed by atoms with Crippen molar-refractivity contribution in [3.8, 4) is 0 Å². The first-order chi connectivity index (χ1) is 9.13. The van der Waals surface area contributed by atoms with Gasteiger partial charge in [-0.25, -0.2) is 4.98 Å². The maximum Gasteiger partial charge on any atom is 0.179 e. The second-order valence-corrected chi connectivity index (χ2v) is 5.69. The first-order valence-electron chi connectivity index (χ1n) is 5.86. The molecule has 0 aliphatic carbocycles. The Morgan fingerprint density at radius 3 is 2.95 bits per heavy atom. The molecule has 7 heteroatoms. The lowest BCUT2D eigenvalue weighted by molar-refractivity contribution is 0.536. The molecule has 3 rings (SSSR count). The number of halogens is 1. The Kier molecular flexibility index (Phi) is 3.24. The smallest absolute Gasteiger partial charge is 0.179 e. The largest absolute Gasteiger partial charge is 0.329 e. The average Bonchev–Trinajstić information content (AvgIpc) is 2.89. The van der Waals surface area contributed by atoms with E-state index in [1.807, 2.05) is 34.6 Å². The Hall–Kier alpha value is -1.47. The lowest BCUT2D eigenvalue weighted by Gasteiger charge is -2.04. The number of hydrogen-bond acceptors (Lipinski definition) is 3. The van der Waals surface area contributed by atoms with Crippen LogP contribution in [0.4, 0.5) is 0 Å². The zero-order chi connectivity index (χ0) is 13.4. The van der Waals surface area contributed by atoms with Crippen molar-refractivity contribution in [2.75, 3.05) is 0 Å². The number of rotatable bonds is 3. The van der Waals surface area contributed by atoms with Crippen LogP contribution in [0.5, 0.6) is 0 Å². The highest BCUT2D eigenvalue weighted by molar-refractivity contribution is 9.10. The van der Waals surface area contributed by atoms with Crippen LogP contribution in [-0.2, 0) is 13.1 Å². The molecule has 0 radical (unpaired) electrons. The van der Waals surface area contributed by atoms with E-state index in [9.17, 15) is 0 Å². The van der Waals surface area contributed by atoms with Gasteiger partial charge < -0.3 is 4.98 Å². The molecule has 3 aromatic rings. The van der Waals surface area contributed by atoms with Crippen LogP contribution in [-0.4, -0.2) is 24.3 Å². The van der Waals surface area contributed by atoms with Crippen LogP contribution in [0, 0.1) is 11.7 Å². The van der Waals surface area contributed by atoms with Gasteiger partial charge in [0.2, 0.25) is 0 Å². The Morgan fingerprint density at radius 2 is 2.21 bits per heavy atom. The molecule has 0 unspecified atom stereocenters. The zero-order valence-electron chi connectivity index (χ0n) is 10.3. The molecule has 19 heavy (non-hydrogen) atoms. The van der Waals surface area contributed by atoms with Crippen molar-refractivity contribution in [1.29, 1.82) is 0 Å². The summed E-state index contributed by atoms with van der Waals surface area (Å²) in [6.45, 7) is 3.54. The summed E-state index contributed by atoms with van der Waals surface area (Å²) in [7, 11) is 0. The summed E-state index contributed by atoms with van der Waals surface area (Å²) in [5.74, 6) is 0. The highest BCUT2D eigenvalue weighted by Crippen LogP contribution is 2.16. The van der Waals surface area contributed by atoms with Crippen LogP contribution >= 0.6 is 28.1 Å². The molecule has 0 aromatic carbocycles. The Labute approximate surface area is 123 Å². The van der Waals surface area contributed by atoms with Crippen LogP contribution in [0.3, 0.4) is 0 Å². The van der Waals surface area contributed by atoms with Gasteiger partial charge in [-0.15, -0.1) is 0 Å². The van der Waals surface area contributed by atoms with Gasteiger partial charge in [0.15, 0.2) is 10.4 Å². The predicted octanol–water partition coefficient (Wildman–Crippen LogP) is 3.06. The summed E-state index contributed by atoms with van der Waals surface area (Å²) in [5.41, 5.74) is 2.97.